The van der Waals surface area contributed by atoms with Crippen LogP contribution in [-0.2, 0) is 22.7 Å². The van der Waals surface area contributed by atoms with Crippen LogP contribution >= 0.6 is 0 Å². The van der Waals surface area contributed by atoms with Crippen molar-refractivity contribution < 1.29 is 14.7 Å². The molecule has 25 heavy (non-hydrogen) atoms. The van der Waals surface area contributed by atoms with Crippen LogP contribution in [-0.4, -0.2) is 66.1 Å². The molecule has 0 spiro atoms. The molecule has 1 heterocycles. The van der Waals surface area contributed by atoms with E-state index >= 15 is 0 Å². The van der Waals surface area contributed by atoms with Gasteiger partial charge in [-0.25, -0.2) is 0 Å². The van der Waals surface area contributed by atoms with Gasteiger partial charge in [0.15, 0.2) is 0 Å². The van der Waals surface area contributed by atoms with Gasteiger partial charge in [0, 0.05) is 45.7 Å². The maximum atomic E-state index is 11.9. The largest absolute Gasteiger partial charge is 0.480 e. The van der Waals surface area contributed by atoms with Gasteiger partial charge in [0.25, 0.3) is 0 Å². The zero-order chi connectivity index (χ0) is 18.2. The molecular formula is C18H28N4O3. The minimum absolute atomic E-state index is 0.119. The quantitative estimate of drug-likeness (QED) is 0.623. The van der Waals surface area contributed by atoms with Crippen molar-refractivity contribution in [3.05, 3.63) is 35.4 Å². The molecule has 1 aliphatic rings. The molecule has 0 aromatic heterocycles. The highest BCUT2D eigenvalue weighted by Gasteiger charge is 2.16. The van der Waals surface area contributed by atoms with Crippen molar-refractivity contribution in [1.29, 1.82) is 0 Å². The Morgan fingerprint density at radius 1 is 1.20 bits per heavy atom. The fraction of sp³-hybridized carbons (Fsp3) is 0.556. The average Bonchev–Trinajstić information content (AvgIpc) is 2.60. The number of nitrogens with zero attached hydrogens (tertiary/aromatic N) is 2. The first-order valence-corrected chi connectivity index (χ1v) is 8.68. The summed E-state index contributed by atoms with van der Waals surface area (Å²) in [6, 6.07) is 7.11. The van der Waals surface area contributed by atoms with E-state index in [1.54, 1.807) is 0 Å². The SMILES string of the molecule is CN1CCN(Cc2ccccc2CNC(=O)CC[C@H](N)C(=O)O)CC1. The Labute approximate surface area is 148 Å². The summed E-state index contributed by atoms with van der Waals surface area (Å²) in [4.78, 5) is 27.3. The molecule has 7 nitrogen and oxygen atoms in total. The number of amides is 1. The number of likely N-dealkylation sites (N-methyl/N-ethyl adjacent to an activating group) is 1. The number of rotatable bonds is 8. The maximum Gasteiger partial charge on any atom is 0.320 e. The van der Waals surface area contributed by atoms with Gasteiger partial charge in [-0.1, -0.05) is 24.3 Å². The Kier molecular flexibility index (Phi) is 7.36. The van der Waals surface area contributed by atoms with Crippen LogP contribution in [0.3, 0.4) is 0 Å². The van der Waals surface area contributed by atoms with E-state index < -0.39 is 12.0 Å². The topological polar surface area (TPSA) is 98.9 Å². The van der Waals surface area contributed by atoms with Crippen molar-refractivity contribution in [1.82, 2.24) is 15.1 Å². The van der Waals surface area contributed by atoms with Crippen molar-refractivity contribution in [3.8, 4) is 0 Å². The van der Waals surface area contributed by atoms with E-state index in [-0.39, 0.29) is 18.7 Å². The fourth-order valence-corrected chi connectivity index (χ4v) is 2.82. The van der Waals surface area contributed by atoms with Crippen LogP contribution < -0.4 is 11.1 Å². The normalized spacial score (nSPS) is 17.2. The summed E-state index contributed by atoms with van der Waals surface area (Å²) < 4.78 is 0. The Morgan fingerprint density at radius 2 is 1.84 bits per heavy atom. The lowest BCUT2D eigenvalue weighted by Crippen LogP contribution is -2.44. The van der Waals surface area contributed by atoms with Gasteiger partial charge in [0.2, 0.25) is 5.91 Å². The number of aliphatic carboxylic acids is 1. The molecule has 0 saturated carbocycles. The average molecular weight is 348 g/mol. The smallest absolute Gasteiger partial charge is 0.320 e. The van der Waals surface area contributed by atoms with E-state index in [2.05, 4.69) is 28.2 Å². The molecule has 1 saturated heterocycles. The molecule has 1 atom stereocenters. The number of hydrogen-bond acceptors (Lipinski definition) is 5. The summed E-state index contributed by atoms with van der Waals surface area (Å²) in [6.45, 7) is 5.56. The number of hydrogen-bond donors (Lipinski definition) is 3. The molecule has 4 N–H and O–H groups in total. The molecule has 0 unspecified atom stereocenters. The van der Waals surface area contributed by atoms with E-state index in [1.165, 1.54) is 5.56 Å². The minimum Gasteiger partial charge on any atom is -0.480 e. The molecular weight excluding hydrogens is 320 g/mol. The second-order valence-electron chi connectivity index (χ2n) is 6.61. The molecule has 0 aliphatic carbocycles. The highest BCUT2D eigenvalue weighted by Crippen LogP contribution is 2.13. The lowest BCUT2D eigenvalue weighted by atomic mass is 10.1. The Hall–Kier alpha value is -1.96. The predicted octanol–water partition coefficient (Wildman–Crippen LogP) is 0.242. The third-order valence-electron chi connectivity index (χ3n) is 4.58. The summed E-state index contributed by atoms with van der Waals surface area (Å²) in [5.74, 6) is -1.25. The first-order chi connectivity index (χ1) is 12.0. The van der Waals surface area contributed by atoms with Crippen molar-refractivity contribution in [2.24, 2.45) is 5.73 Å². The van der Waals surface area contributed by atoms with E-state index in [9.17, 15) is 9.59 Å². The highest BCUT2D eigenvalue weighted by molar-refractivity contribution is 5.78. The first-order valence-electron chi connectivity index (χ1n) is 8.68. The van der Waals surface area contributed by atoms with Crippen LogP contribution in [0.4, 0.5) is 0 Å². The van der Waals surface area contributed by atoms with E-state index in [4.69, 9.17) is 10.8 Å². The molecule has 1 amide bonds. The number of carbonyl (C=O) groups excluding carboxylic acids is 1. The molecule has 1 aromatic rings. The van der Waals surface area contributed by atoms with Gasteiger partial charge in [0.1, 0.15) is 6.04 Å². The summed E-state index contributed by atoms with van der Waals surface area (Å²) in [5.41, 5.74) is 7.73. The van der Waals surface area contributed by atoms with Crippen LogP contribution in [0.2, 0.25) is 0 Å². The summed E-state index contributed by atoms with van der Waals surface area (Å²) in [5, 5.41) is 11.6. The third kappa shape index (κ3) is 6.45. The molecule has 7 heteroatoms. The van der Waals surface area contributed by atoms with E-state index in [0.29, 0.717) is 6.54 Å². The lowest BCUT2D eigenvalue weighted by Gasteiger charge is -2.32. The van der Waals surface area contributed by atoms with Crippen molar-refractivity contribution in [3.63, 3.8) is 0 Å². The van der Waals surface area contributed by atoms with Crippen molar-refractivity contribution in [2.75, 3.05) is 33.2 Å². The first kappa shape index (κ1) is 19.4. The summed E-state index contributed by atoms with van der Waals surface area (Å²) >= 11 is 0. The van der Waals surface area contributed by atoms with Gasteiger partial charge >= 0.3 is 5.97 Å². The Balaban J connectivity index is 1.83. The minimum atomic E-state index is -1.08. The molecule has 1 fully saturated rings. The molecule has 0 bridgehead atoms. The van der Waals surface area contributed by atoms with Gasteiger partial charge in [-0.3, -0.25) is 14.5 Å². The Morgan fingerprint density at radius 3 is 2.48 bits per heavy atom. The molecule has 0 radical (unpaired) electrons. The lowest BCUT2D eigenvalue weighted by molar-refractivity contribution is -0.138. The number of piperazine rings is 1. The van der Waals surface area contributed by atoms with Crippen LogP contribution in [0.25, 0.3) is 0 Å². The summed E-state index contributed by atoms with van der Waals surface area (Å²) in [7, 11) is 2.14. The third-order valence-corrected chi connectivity index (χ3v) is 4.58. The zero-order valence-corrected chi connectivity index (χ0v) is 14.8. The van der Waals surface area contributed by atoms with Gasteiger partial charge in [-0.2, -0.15) is 0 Å². The number of carboxylic acids is 1. The van der Waals surface area contributed by atoms with Crippen LogP contribution in [0.15, 0.2) is 24.3 Å². The second-order valence-corrected chi connectivity index (χ2v) is 6.61. The van der Waals surface area contributed by atoms with Gasteiger partial charge < -0.3 is 21.1 Å². The van der Waals surface area contributed by atoms with E-state index in [0.717, 1.165) is 38.3 Å². The zero-order valence-electron chi connectivity index (χ0n) is 14.8. The van der Waals surface area contributed by atoms with E-state index in [1.807, 2.05) is 18.2 Å². The molecule has 138 valence electrons. The predicted molar refractivity (Wildman–Crippen MR) is 95.9 cm³/mol. The Bertz CT molecular complexity index is 585. The van der Waals surface area contributed by atoms with Gasteiger partial charge in [-0.15, -0.1) is 0 Å². The van der Waals surface area contributed by atoms with Gasteiger partial charge in [-0.05, 0) is 24.6 Å². The number of carbonyl (C=O) groups is 2. The number of benzene rings is 1. The number of nitrogens with one attached hydrogen (secondary N) is 1. The fourth-order valence-electron chi connectivity index (χ4n) is 2.82. The molecule has 1 aromatic carbocycles. The van der Waals surface area contributed by atoms with Crippen molar-refractivity contribution >= 4 is 11.9 Å². The monoisotopic (exact) mass is 348 g/mol. The number of carboxylic acid groups (broad SMARTS) is 1. The molecule has 2 rings (SSSR count). The van der Waals surface area contributed by atoms with Crippen LogP contribution in [0.5, 0.6) is 0 Å². The number of nitrogens with two attached hydrogens (primary N) is 1. The molecule has 1 aliphatic heterocycles. The van der Waals surface area contributed by atoms with Gasteiger partial charge in [0.05, 0.1) is 0 Å². The highest BCUT2D eigenvalue weighted by atomic mass is 16.4. The second kappa shape index (κ2) is 9.50. The standard InChI is InChI=1S/C18H28N4O3/c1-21-8-10-22(11-9-21)13-15-5-3-2-4-14(15)12-20-17(23)7-6-16(19)18(24)25/h2-5,16H,6-13,19H2,1H3,(H,20,23)(H,24,25)/t16-/m0/s1. The maximum absolute atomic E-state index is 11.9. The van der Waals surface area contributed by atoms with Crippen molar-refractivity contribution in [2.45, 2.75) is 32.0 Å². The van der Waals surface area contributed by atoms with Crippen LogP contribution in [0, 0.1) is 0 Å². The van der Waals surface area contributed by atoms with Crippen LogP contribution in [0.1, 0.15) is 24.0 Å². The summed E-state index contributed by atoms with van der Waals surface area (Å²) in [6.07, 6.45) is 0.262.